The van der Waals surface area contributed by atoms with Gasteiger partial charge >= 0.3 is 5.97 Å². The van der Waals surface area contributed by atoms with Crippen LogP contribution in [0.3, 0.4) is 0 Å². The van der Waals surface area contributed by atoms with Crippen LogP contribution in [0.15, 0.2) is 11.6 Å². The highest BCUT2D eigenvalue weighted by atomic mass is 16.7. The zero-order chi connectivity index (χ0) is 35.5. The maximum absolute atomic E-state index is 13.2. The van der Waals surface area contributed by atoms with Crippen molar-refractivity contribution in [2.45, 2.75) is 141 Å². The van der Waals surface area contributed by atoms with E-state index in [0.29, 0.717) is 38.5 Å². The number of carboxylic acid groups (broad SMARTS) is 1. The van der Waals surface area contributed by atoms with E-state index in [1.54, 1.807) is 0 Å². The van der Waals surface area contributed by atoms with E-state index in [0.717, 1.165) is 32.1 Å². The van der Waals surface area contributed by atoms with Crippen LogP contribution in [0.4, 0.5) is 0 Å². The first-order chi connectivity index (χ1) is 23.0. The molecular formula is C38H60O11. The molecule has 11 heteroatoms. The zero-order valence-corrected chi connectivity index (χ0v) is 29.6. The number of carbonyl (C=O) groups is 1. The van der Waals surface area contributed by atoms with E-state index in [-0.39, 0.29) is 53.1 Å². The highest BCUT2D eigenvalue weighted by Gasteiger charge is 2.75. The average Bonchev–Trinajstić information content (AvgIpc) is 3.06. The Morgan fingerprint density at radius 3 is 2.33 bits per heavy atom. The van der Waals surface area contributed by atoms with E-state index < -0.39 is 71.7 Å². The number of hydrogen-bond acceptors (Lipinski definition) is 10. The molecule has 0 radical (unpaired) electrons. The molecule has 0 aromatic rings. The standard InChI is InChI=1S/C38H60O11/c1-33(19-40)10-12-37(32(46)47)13-11-35(3)21(22(37)15-33)14-20-6-5-8-38(35)9-7-25-34(2,29(20)38)16-23(41)30(36(25,4)26(43)17-39)49-31-28(45)27(44)24(42)18-48-31/h14,20,22-31,39-45H,5-13,15-19H2,1-4H3,(H,46,47)/t20-,22-,23+,24+,25-,26+,27-,28+,29+,30+,31-,33-,34-,35+,36+,37-,38+/m0/s1. The second-order valence-electron chi connectivity index (χ2n) is 18.6. The lowest BCUT2D eigenvalue weighted by Crippen LogP contribution is -2.73. The molecule has 0 spiro atoms. The van der Waals surface area contributed by atoms with Crippen molar-refractivity contribution in [3.8, 4) is 0 Å². The number of rotatable bonds is 6. The summed E-state index contributed by atoms with van der Waals surface area (Å²) in [5.74, 6) is -0.758. The van der Waals surface area contributed by atoms with E-state index in [2.05, 4.69) is 26.8 Å². The van der Waals surface area contributed by atoms with Crippen LogP contribution >= 0.6 is 0 Å². The molecule has 1 aliphatic heterocycles. The summed E-state index contributed by atoms with van der Waals surface area (Å²) in [5.41, 5.74) is -1.92. The molecule has 6 aliphatic carbocycles. The number of aliphatic carboxylic acids is 1. The van der Waals surface area contributed by atoms with Crippen LogP contribution in [0.5, 0.6) is 0 Å². The number of ether oxygens (including phenoxy) is 2. The molecule has 0 aromatic heterocycles. The molecule has 0 amide bonds. The second kappa shape index (κ2) is 11.9. The third-order valence-corrected chi connectivity index (χ3v) is 16.5. The third-order valence-electron chi connectivity index (χ3n) is 16.5. The van der Waals surface area contributed by atoms with Crippen molar-refractivity contribution in [2.75, 3.05) is 19.8 Å². The molecule has 7 aliphatic rings. The lowest BCUT2D eigenvalue weighted by atomic mass is 9.29. The monoisotopic (exact) mass is 692 g/mol. The molecule has 0 unspecified atom stereocenters. The number of fused-ring (bicyclic) bond motifs is 4. The van der Waals surface area contributed by atoms with Gasteiger partial charge in [-0.3, -0.25) is 4.79 Å². The van der Waals surface area contributed by atoms with Crippen LogP contribution in [0.2, 0.25) is 0 Å². The summed E-state index contributed by atoms with van der Waals surface area (Å²) in [5, 5.41) is 86.6. The van der Waals surface area contributed by atoms with Crippen LogP contribution in [-0.2, 0) is 14.3 Å². The first kappa shape index (κ1) is 36.2. The van der Waals surface area contributed by atoms with Crippen molar-refractivity contribution in [3.05, 3.63) is 11.6 Å². The number of aliphatic hydroxyl groups excluding tert-OH is 7. The minimum Gasteiger partial charge on any atom is -0.481 e. The fraction of sp³-hybridized carbons (Fsp3) is 0.921. The third kappa shape index (κ3) is 4.75. The van der Waals surface area contributed by atoms with Gasteiger partial charge in [-0.25, -0.2) is 0 Å². The van der Waals surface area contributed by atoms with Crippen molar-refractivity contribution in [3.63, 3.8) is 0 Å². The fourth-order valence-corrected chi connectivity index (χ4v) is 13.9. The Labute approximate surface area is 289 Å². The summed E-state index contributed by atoms with van der Waals surface area (Å²) in [6.45, 7) is 7.82. The normalized spacial score (nSPS) is 55.9. The maximum Gasteiger partial charge on any atom is 0.310 e. The topological polar surface area (TPSA) is 197 Å². The molecule has 5 saturated carbocycles. The van der Waals surface area contributed by atoms with Crippen LogP contribution in [-0.4, -0.2) is 110 Å². The minimum absolute atomic E-state index is 0.0372. The maximum atomic E-state index is 13.2. The van der Waals surface area contributed by atoms with Crippen LogP contribution in [0.1, 0.15) is 98.3 Å². The number of hydrogen-bond donors (Lipinski definition) is 8. The van der Waals surface area contributed by atoms with Gasteiger partial charge in [0.1, 0.15) is 18.3 Å². The molecule has 11 nitrogen and oxygen atoms in total. The fourth-order valence-electron chi connectivity index (χ4n) is 13.9. The largest absolute Gasteiger partial charge is 0.481 e. The van der Waals surface area contributed by atoms with Gasteiger partial charge in [0.2, 0.25) is 0 Å². The lowest BCUT2D eigenvalue weighted by molar-refractivity contribution is -0.339. The van der Waals surface area contributed by atoms with Gasteiger partial charge in [-0.05, 0) is 110 Å². The lowest BCUT2D eigenvalue weighted by Gasteiger charge is -2.75. The molecule has 2 bridgehead atoms. The van der Waals surface area contributed by atoms with Gasteiger partial charge in [0, 0.05) is 12.0 Å². The summed E-state index contributed by atoms with van der Waals surface area (Å²) < 4.78 is 11.9. The van der Waals surface area contributed by atoms with Gasteiger partial charge in [-0.2, -0.15) is 0 Å². The van der Waals surface area contributed by atoms with Gasteiger partial charge in [0.25, 0.3) is 0 Å². The number of aliphatic hydroxyl groups is 7. The highest BCUT2D eigenvalue weighted by molar-refractivity contribution is 5.76. The second-order valence-corrected chi connectivity index (χ2v) is 18.6. The van der Waals surface area contributed by atoms with Crippen LogP contribution in [0.25, 0.3) is 0 Å². The first-order valence-electron chi connectivity index (χ1n) is 18.8. The van der Waals surface area contributed by atoms with Gasteiger partial charge < -0.3 is 50.3 Å². The summed E-state index contributed by atoms with van der Waals surface area (Å²) in [4.78, 5) is 13.2. The summed E-state index contributed by atoms with van der Waals surface area (Å²) in [6.07, 6.45) is 1.66. The first-order valence-corrected chi connectivity index (χ1v) is 18.8. The van der Waals surface area contributed by atoms with E-state index in [1.165, 1.54) is 5.57 Å². The summed E-state index contributed by atoms with van der Waals surface area (Å²) >= 11 is 0. The summed E-state index contributed by atoms with van der Waals surface area (Å²) in [7, 11) is 0. The molecule has 278 valence electrons. The van der Waals surface area contributed by atoms with Gasteiger partial charge in [-0.1, -0.05) is 45.8 Å². The Bertz CT molecular complexity index is 1340. The highest BCUT2D eigenvalue weighted by Crippen LogP contribution is 2.79. The molecule has 49 heavy (non-hydrogen) atoms. The molecule has 1 saturated heterocycles. The van der Waals surface area contributed by atoms with Crippen molar-refractivity contribution < 1.29 is 55.1 Å². The number of carboxylic acids is 1. The molecule has 17 atom stereocenters. The van der Waals surface area contributed by atoms with E-state index >= 15 is 0 Å². The van der Waals surface area contributed by atoms with Crippen molar-refractivity contribution in [2.24, 2.45) is 56.2 Å². The molecule has 0 aromatic carbocycles. The Kier molecular flexibility index (Phi) is 8.82. The van der Waals surface area contributed by atoms with Crippen LogP contribution in [0, 0.1) is 56.2 Å². The Hall–Kier alpha value is -1.15. The molecule has 1 heterocycles. The van der Waals surface area contributed by atoms with Crippen molar-refractivity contribution in [1.82, 2.24) is 0 Å². The predicted molar refractivity (Wildman–Crippen MR) is 177 cm³/mol. The average molecular weight is 693 g/mol. The SMILES string of the molecule is C[C@]1(CO)CC[C@]2(C(=O)O)CC[C@]3(C)C(=C[C@@H]4CCC[C@]35CC[C@H]3[C@](C)(C[C@@H](O)[C@@H](O[C@@H]6OC[C@@H](O)[C@H](O)[C@H]6O)[C@@]3(C)[C@H](O)CO)[C@@H]45)[C@@H]2C1. The Morgan fingerprint density at radius 2 is 1.65 bits per heavy atom. The predicted octanol–water partition coefficient (Wildman–Crippen LogP) is 2.36. The Morgan fingerprint density at radius 1 is 0.939 bits per heavy atom. The molecule has 7 rings (SSSR count). The smallest absolute Gasteiger partial charge is 0.310 e. The van der Waals surface area contributed by atoms with Gasteiger partial charge in [0.05, 0.1) is 36.9 Å². The van der Waals surface area contributed by atoms with Crippen LogP contribution < -0.4 is 0 Å². The van der Waals surface area contributed by atoms with E-state index in [4.69, 9.17) is 9.47 Å². The quantitative estimate of drug-likeness (QED) is 0.150. The molecular weight excluding hydrogens is 632 g/mol. The summed E-state index contributed by atoms with van der Waals surface area (Å²) in [6, 6.07) is 0. The van der Waals surface area contributed by atoms with E-state index in [1.807, 2.05) is 6.92 Å². The van der Waals surface area contributed by atoms with Crippen molar-refractivity contribution in [1.29, 1.82) is 0 Å². The van der Waals surface area contributed by atoms with E-state index in [9.17, 15) is 45.6 Å². The molecule has 8 N–H and O–H groups in total. The molecule has 6 fully saturated rings. The van der Waals surface area contributed by atoms with Gasteiger partial charge in [-0.15, -0.1) is 0 Å². The zero-order valence-electron chi connectivity index (χ0n) is 29.6. The minimum atomic E-state index is -1.56. The van der Waals surface area contributed by atoms with Gasteiger partial charge in [0.15, 0.2) is 6.29 Å². The van der Waals surface area contributed by atoms with Crippen molar-refractivity contribution >= 4 is 5.97 Å². The Balaban J connectivity index is 1.31. The number of allylic oxidation sites excluding steroid dienone is 2.